The topological polar surface area (TPSA) is 41.8 Å². The second-order valence-electron chi connectivity index (χ2n) is 5.45. The molecule has 0 aromatic carbocycles. The molecule has 0 heterocycles. The van der Waals surface area contributed by atoms with E-state index < -0.39 is 41.7 Å². The predicted molar refractivity (Wildman–Crippen MR) is 76.6 cm³/mol. The number of carbonyl (C=O) groups excluding carboxylic acids is 1. The Morgan fingerprint density at radius 1 is 1.29 bits per heavy atom. The Hall–Kier alpha value is -1.80. The van der Waals surface area contributed by atoms with Gasteiger partial charge in [-0.1, -0.05) is 6.08 Å². The lowest BCUT2D eigenvalue weighted by atomic mass is 9.93. The molecule has 130 valence electrons. The molecule has 0 aliphatic heterocycles. The quantitative estimate of drug-likeness (QED) is 0.420. The monoisotopic (exact) mass is 368 g/mol. The van der Waals surface area contributed by atoms with Crippen molar-refractivity contribution in [2.45, 2.75) is 31.6 Å². The fraction of sp³-hybridized carbons (Fsp3) is 0.500. The van der Waals surface area contributed by atoms with Gasteiger partial charge in [0.25, 0.3) is 5.91 Å². The largest absolute Gasteiger partial charge is 0.403 e. The van der Waals surface area contributed by atoms with Gasteiger partial charge in [0.15, 0.2) is 0 Å². The van der Waals surface area contributed by atoms with Crippen LogP contribution in [-0.4, -0.2) is 29.6 Å². The first-order chi connectivity index (χ1) is 11.0. The molecule has 0 N–H and O–H groups in total. The molecule has 1 saturated carbocycles. The summed E-state index contributed by atoms with van der Waals surface area (Å²) in [6, 6.07) is 0. The van der Waals surface area contributed by atoms with E-state index in [1.807, 2.05) is 5.16 Å². The third kappa shape index (κ3) is 3.64. The lowest BCUT2D eigenvalue weighted by molar-refractivity contribution is -0.190. The van der Waals surface area contributed by atoms with E-state index in [4.69, 9.17) is 0 Å². The number of allylic oxidation sites excluding steroid dienone is 4. The number of carbonyl (C=O) groups is 1. The summed E-state index contributed by atoms with van der Waals surface area (Å²) >= 11 is 4.29. The first kappa shape index (κ1) is 18.5. The van der Waals surface area contributed by atoms with Gasteiger partial charge in [0.1, 0.15) is 11.3 Å². The maximum atomic E-state index is 12.8. The van der Waals surface area contributed by atoms with Crippen LogP contribution in [0.5, 0.6) is 0 Å². The van der Waals surface area contributed by atoms with Gasteiger partial charge in [0.2, 0.25) is 0 Å². The molecule has 0 saturated heterocycles. The Kier molecular flexibility index (Phi) is 4.83. The number of aliphatic imine (C=N–C) groups is 2. The number of halogens is 6. The van der Waals surface area contributed by atoms with Crippen molar-refractivity contribution >= 4 is 29.5 Å². The van der Waals surface area contributed by atoms with Crippen LogP contribution in [-0.2, 0) is 4.79 Å². The van der Waals surface area contributed by atoms with Gasteiger partial charge in [-0.3, -0.25) is 4.79 Å². The standard InChI is InChI=1S/C14H10F6N2OS/c15-13(16,17)9-2-1-8(5-10(9)22-7-24)6-21-11(23)12(3-4-12)14(18,19)20/h1,5-6,9H,2-4H2. The van der Waals surface area contributed by atoms with Crippen LogP contribution < -0.4 is 0 Å². The molecule has 0 radical (unpaired) electrons. The van der Waals surface area contributed by atoms with E-state index in [-0.39, 0.29) is 18.4 Å². The summed E-state index contributed by atoms with van der Waals surface area (Å²) in [7, 11) is 0. The summed E-state index contributed by atoms with van der Waals surface area (Å²) < 4.78 is 76.9. The highest BCUT2D eigenvalue weighted by atomic mass is 32.1. The van der Waals surface area contributed by atoms with Crippen molar-refractivity contribution in [3.8, 4) is 0 Å². The molecule has 3 nitrogen and oxygen atoms in total. The average Bonchev–Trinajstić information content (AvgIpc) is 3.25. The molecule has 0 aromatic rings. The van der Waals surface area contributed by atoms with Gasteiger partial charge in [0, 0.05) is 6.21 Å². The summed E-state index contributed by atoms with van der Waals surface area (Å²) in [6.45, 7) is 0. The zero-order valence-corrected chi connectivity index (χ0v) is 12.7. The maximum absolute atomic E-state index is 12.8. The van der Waals surface area contributed by atoms with Crippen LogP contribution in [0.4, 0.5) is 26.3 Å². The molecule has 2 aliphatic carbocycles. The summed E-state index contributed by atoms with van der Waals surface area (Å²) in [5, 5.41) is 1.83. The minimum atomic E-state index is -4.69. The van der Waals surface area contributed by atoms with E-state index in [0.717, 1.165) is 18.4 Å². The fourth-order valence-electron chi connectivity index (χ4n) is 2.26. The van der Waals surface area contributed by atoms with Gasteiger partial charge < -0.3 is 0 Å². The lowest BCUT2D eigenvalue weighted by Crippen LogP contribution is -2.31. The number of hydrogen-bond acceptors (Lipinski definition) is 3. The van der Waals surface area contributed by atoms with Crippen molar-refractivity contribution < 1.29 is 31.1 Å². The minimum absolute atomic E-state index is 0.0609. The molecular weight excluding hydrogens is 358 g/mol. The Labute approximate surface area is 137 Å². The molecule has 10 heteroatoms. The smallest absolute Gasteiger partial charge is 0.272 e. The Morgan fingerprint density at radius 3 is 2.38 bits per heavy atom. The van der Waals surface area contributed by atoms with Crippen molar-refractivity contribution in [1.82, 2.24) is 0 Å². The third-order valence-corrected chi connectivity index (χ3v) is 3.95. The summed E-state index contributed by atoms with van der Waals surface area (Å²) in [4.78, 5) is 18.3. The molecule has 2 aliphatic rings. The van der Waals surface area contributed by atoms with Crippen LogP contribution >= 0.6 is 12.2 Å². The molecule has 0 aromatic heterocycles. The normalized spacial score (nSPS) is 23.3. The van der Waals surface area contributed by atoms with E-state index in [2.05, 4.69) is 22.2 Å². The highest BCUT2D eigenvalue weighted by Gasteiger charge is 2.68. The third-order valence-electron chi connectivity index (χ3n) is 3.86. The van der Waals surface area contributed by atoms with Gasteiger partial charge in [-0.25, -0.2) is 4.99 Å². The molecule has 0 spiro atoms. The van der Waals surface area contributed by atoms with Crippen molar-refractivity contribution in [3.05, 3.63) is 23.4 Å². The maximum Gasteiger partial charge on any atom is 0.403 e. The molecule has 1 fully saturated rings. The van der Waals surface area contributed by atoms with E-state index in [1.165, 1.54) is 0 Å². The van der Waals surface area contributed by atoms with Crippen molar-refractivity contribution in [2.75, 3.05) is 0 Å². The number of alkyl halides is 6. The average molecular weight is 368 g/mol. The fourth-order valence-corrected chi connectivity index (χ4v) is 2.36. The van der Waals surface area contributed by atoms with Crippen LogP contribution in [0, 0.1) is 11.3 Å². The first-order valence-corrected chi connectivity index (χ1v) is 7.14. The van der Waals surface area contributed by atoms with Crippen molar-refractivity contribution in [1.29, 1.82) is 0 Å². The van der Waals surface area contributed by atoms with Crippen molar-refractivity contribution in [2.24, 2.45) is 21.3 Å². The van der Waals surface area contributed by atoms with Crippen LogP contribution in [0.3, 0.4) is 0 Å². The van der Waals surface area contributed by atoms with E-state index >= 15 is 0 Å². The number of hydrogen-bond donors (Lipinski definition) is 0. The van der Waals surface area contributed by atoms with E-state index in [1.54, 1.807) is 0 Å². The number of amides is 1. The van der Waals surface area contributed by atoms with Crippen LogP contribution in [0.15, 0.2) is 33.4 Å². The summed E-state index contributed by atoms with van der Waals surface area (Å²) in [5.41, 5.74) is -2.82. The van der Waals surface area contributed by atoms with Crippen LogP contribution in [0.1, 0.15) is 19.3 Å². The Balaban J connectivity index is 2.18. The molecule has 1 unspecified atom stereocenters. The molecule has 1 amide bonds. The SMILES string of the molecule is O=C(N=CC1=CCC(C(F)(F)F)C(N=C=S)=C1)C1(C(F)(F)F)CC1. The van der Waals surface area contributed by atoms with Crippen LogP contribution in [0.25, 0.3) is 0 Å². The second kappa shape index (κ2) is 6.25. The van der Waals surface area contributed by atoms with Gasteiger partial charge in [0.05, 0.1) is 10.9 Å². The molecule has 24 heavy (non-hydrogen) atoms. The van der Waals surface area contributed by atoms with Crippen LogP contribution in [0.2, 0.25) is 0 Å². The lowest BCUT2D eigenvalue weighted by Gasteiger charge is -2.22. The Morgan fingerprint density at radius 2 is 1.92 bits per heavy atom. The predicted octanol–water partition coefficient (Wildman–Crippen LogP) is 4.42. The molecule has 2 rings (SSSR count). The number of thiocarbonyl (C=S) groups is 1. The Bertz CT molecular complexity index is 678. The van der Waals surface area contributed by atoms with Gasteiger partial charge in [-0.2, -0.15) is 31.3 Å². The zero-order chi connectivity index (χ0) is 18.2. The minimum Gasteiger partial charge on any atom is -0.272 e. The highest BCUT2D eigenvalue weighted by molar-refractivity contribution is 7.78. The summed E-state index contributed by atoms with van der Waals surface area (Å²) in [6.07, 6.45) is -7.46. The van der Waals surface area contributed by atoms with Crippen molar-refractivity contribution in [3.63, 3.8) is 0 Å². The number of isothiocyanates is 1. The summed E-state index contributed by atoms with van der Waals surface area (Å²) in [5.74, 6) is -3.23. The molecule has 0 bridgehead atoms. The number of rotatable bonds is 3. The second-order valence-corrected chi connectivity index (χ2v) is 5.63. The molecule has 1 atom stereocenters. The van der Waals surface area contributed by atoms with Gasteiger partial charge in [-0.15, -0.1) is 0 Å². The molecular formula is C14H10F6N2OS. The van der Waals surface area contributed by atoms with Gasteiger partial charge in [-0.05, 0) is 43.1 Å². The zero-order valence-electron chi connectivity index (χ0n) is 11.9. The van der Waals surface area contributed by atoms with E-state index in [9.17, 15) is 31.1 Å². The highest BCUT2D eigenvalue weighted by Crippen LogP contribution is 2.58. The number of nitrogens with zero attached hydrogens (tertiary/aromatic N) is 2. The first-order valence-electron chi connectivity index (χ1n) is 6.73. The van der Waals surface area contributed by atoms with Gasteiger partial charge >= 0.3 is 12.4 Å². The van der Waals surface area contributed by atoms with E-state index in [0.29, 0.717) is 0 Å².